The van der Waals surface area contributed by atoms with Gasteiger partial charge in [0.15, 0.2) is 0 Å². The molecule has 1 unspecified atom stereocenters. The van der Waals surface area contributed by atoms with Gasteiger partial charge in [0.25, 0.3) is 0 Å². The Hall–Kier alpha value is -1.85. The summed E-state index contributed by atoms with van der Waals surface area (Å²) in [4.78, 5) is 12.4. The second kappa shape index (κ2) is 7.05. The minimum absolute atomic E-state index is 0.0271. The van der Waals surface area contributed by atoms with Gasteiger partial charge in [-0.15, -0.1) is 0 Å². The number of hydrogen-bond acceptors (Lipinski definition) is 4. The van der Waals surface area contributed by atoms with Gasteiger partial charge in [-0.3, -0.25) is 4.79 Å². The minimum Gasteiger partial charge on any atom is -0.508 e. The molecule has 4 rings (SSSR count). The van der Waals surface area contributed by atoms with Crippen molar-refractivity contribution in [2.24, 2.45) is 11.8 Å². The highest BCUT2D eigenvalue weighted by Crippen LogP contribution is 2.48. The van der Waals surface area contributed by atoms with Crippen molar-refractivity contribution in [2.45, 2.75) is 24.9 Å². The van der Waals surface area contributed by atoms with E-state index in [0.717, 1.165) is 18.7 Å². The summed E-state index contributed by atoms with van der Waals surface area (Å²) in [6.07, 6.45) is 1.65. The van der Waals surface area contributed by atoms with Crippen LogP contribution in [-0.2, 0) is 6.42 Å². The predicted molar refractivity (Wildman–Crippen MR) is 102 cm³/mol. The molecule has 0 radical (unpaired) electrons. The summed E-state index contributed by atoms with van der Waals surface area (Å²) < 4.78 is 17.4. The fourth-order valence-electron chi connectivity index (χ4n) is 4.33. The summed E-state index contributed by atoms with van der Waals surface area (Å²) in [6.45, 7) is 1.53. The zero-order chi connectivity index (χ0) is 18.1. The maximum atomic E-state index is 15.3. The number of phenolic OH excluding ortho intramolecular Hbond substituents is 1. The van der Waals surface area contributed by atoms with Gasteiger partial charge >= 0.3 is 0 Å². The summed E-state index contributed by atoms with van der Waals surface area (Å²) in [5.41, 5.74) is 0.520. The number of nitrogens with zero attached hydrogens (tertiary/aromatic N) is 1. The lowest BCUT2D eigenvalue weighted by atomic mass is 9.93. The summed E-state index contributed by atoms with van der Waals surface area (Å²) in [7, 11) is 0. The second-order valence-electron chi connectivity index (χ2n) is 7.51. The smallest absolute Gasteiger partial charge is 0.234 e. The van der Waals surface area contributed by atoms with Gasteiger partial charge in [0.05, 0.1) is 0 Å². The van der Waals surface area contributed by atoms with Crippen molar-refractivity contribution in [1.29, 1.82) is 0 Å². The largest absolute Gasteiger partial charge is 0.508 e. The molecule has 1 saturated carbocycles. The predicted octanol–water partition coefficient (Wildman–Crippen LogP) is 4.47. The Bertz CT molecular complexity index is 766. The number of benzene rings is 2. The topological polar surface area (TPSA) is 40.5 Å². The lowest BCUT2D eigenvalue weighted by Crippen LogP contribution is -2.26. The van der Waals surface area contributed by atoms with E-state index < -0.39 is 5.67 Å². The number of alkyl halides is 1. The van der Waals surface area contributed by atoms with Crippen LogP contribution in [0.25, 0.3) is 0 Å². The highest BCUT2D eigenvalue weighted by Gasteiger charge is 2.49. The molecule has 0 bridgehead atoms. The fourth-order valence-corrected chi connectivity index (χ4v) is 5.34. The van der Waals surface area contributed by atoms with Crippen LogP contribution >= 0.6 is 11.9 Å². The molecule has 1 saturated heterocycles. The molecule has 0 amide bonds. The zero-order valence-electron chi connectivity index (χ0n) is 14.5. The first-order chi connectivity index (χ1) is 12.5. The molecule has 2 aromatic carbocycles. The van der Waals surface area contributed by atoms with Crippen LogP contribution in [-0.4, -0.2) is 33.3 Å². The van der Waals surface area contributed by atoms with Crippen molar-refractivity contribution in [2.75, 3.05) is 13.1 Å². The molecule has 5 heteroatoms. The van der Waals surface area contributed by atoms with Crippen LogP contribution < -0.4 is 0 Å². The maximum Gasteiger partial charge on any atom is 0.234 e. The number of carbonyl (C=O) groups is 1. The molecular weight excluding hydrogens is 349 g/mol. The summed E-state index contributed by atoms with van der Waals surface area (Å²) in [6, 6.07) is 16.2. The van der Waals surface area contributed by atoms with Crippen molar-refractivity contribution in [3.8, 4) is 5.75 Å². The quantitative estimate of drug-likeness (QED) is 0.805. The molecule has 0 spiro atoms. The van der Waals surface area contributed by atoms with E-state index in [1.807, 2.05) is 30.3 Å². The molecule has 2 fully saturated rings. The number of aromatic hydroxyl groups is 1. The number of carbonyl (C=O) groups excluding carboxylic acids is 1. The Morgan fingerprint density at radius 3 is 2.31 bits per heavy atom. The maximum absolute atomic E-state index is 15.3. The van der Waals surface area contributed by atoms with Crippen molar-refractivity contribution in [3.05, 3.63) is 65.7 Å². The molecule has 2 aliphatic rings. The lowest BCUT2D eigenvalue weighted by Gasteiger charge is -2.23. The van der Waals surface area contributed by atoms with E-state index in [1.54, 1.807) is 12.1 Å². The number of rotatable bonds is 4. The minimum atomic E-state index is -1.12. The van der Waals surface area contributed by atoms with E-state index in [-0.39, 0.29) is 10.9 Å². The number of hydrogen-bond donors (Lipinski definition) is 1. The number of halogens is 1. The van der Waals surface area contributed by atoms with Crippen LogP contribution in [0.15, 0.2) is 54.6 Å². The standard InChI is InChI=1S/C21H22FNO2S/c22-21(10-15-4-2-1-3-5-15)11-17-13-23(14-18(17)12-21)26-20(25)16-6-8-19(24)9-7-16/h1-9,17-18,24H,10-14H2/t17-,18+,21?. The Balaban J connectivity index is 1.33. The molecule has 1 aliphatic carbocycles. The molecule has 3 nitrogen and oxygen atoms in total. The number of phenols is 1. The van der Waals surface area contributed by atoms with E-state index >= 15 is 4.39 Å². The lowest BCUT2D eigenvalue weighted by molar-refractivity contribution is 0.108. The first-order valence-corrected chi connectivity index (χ1v) is 9.77. The monoisotopic (exact) mass is 371 g/mol. The Morgan fingerprint density at radius 2 is 1.69 bits per heavy atom. The van der Waals surface area contributed by atoms with Crippen LogP contribution in [0, 0.1) is 11.8 Å². The molecule has 136 valence electrons. The van der Waals surface area contributed by atoms with E-state index in [4.69, 9.17) is 0 Å². The van der Waals surface area contributed by atoms with Gasteiger partial charge in [0, 0.05) is 37.0 Å². The van der Waals surface area contributed by atoms with Crippen molar-refractivity contribution >= 4 is 17.1 Å². The Morgan fingerprint density at radius 1 is 1.08 bits per heavy atom. The summed E-state index contributed by atoms with van der Waals surface area (Å²) in [5, 5.41) is 9.30. The fraction of sp³-hybridized carbons (Fsp3) is 0.381. The molecule has 1 heterocycles. The molecule has 3 atom stereocenters. The van der Waals surface area contributed by atoms with E-state index in [2.05, 4.69) is 4.31 Å². The average Bonchev–Trinajstić information content (AvgIpc) is 3.10. The zero-order valence-corrected chi connectivity index (χ0v) is 15.3. The molecule has 0 aromatic heterocycles. The number of fused-ring (bicyclic) bond motifs is 1. The first-order valence-electron chi connectivity index (χ1n) is 9.00. The van der Waals surface area contributed by atoms with Gasteiger partial charge in [-0.1, -0.05) is 30.3 Å². The van der Waals surface area contributed by atoms with Gasteiger partial charge < -0.3 is 5.11 Å². The average molecular weight is 371 g/mol. The van der Waals surface area contributed by atoms with E-state index in [9.17, 15) is 9.90 Å². The van der Waals surface area contributed by atoms with Crippen molar-refractivity contribution < 1.29 is 14.3 Å². The third-order valence-corrected chi connectivity index (χ3v) is 6.44. The van der Waals surface area contributed by atoms with Gasteiger partial charge in [-0.2, -0.15) is 0 Å². The molecule has 1 N–H and O–H groups in total. The van der Waals surface area contributed by atoms with Crippen LogP contribution in [0.4, 0.5) is 4.39 Å². The molecule has 2 aromatic rings. The SMILES string of the molecule is O=C(SN1C[C@@H]2CC(F)(Cc3ccccc3)C[C@@H]2C1)c1ccc(O)cc1. The normalized spacial score (nSPS) is 28.2. The van der Waals surface area contributed by atoms with Crippen LogP contribution in [0.1, 0.15) is 28.8 Å². The second-order valence-corrected chi connectivity index (χ2v) is 8.58. The molecule has 1 aliphatic heterocycles. The van der Waals surface area contributed by atoms with E-state index in [0.29, 0.717) is 36.7 Å². The van der Waals surface area contributed by atoms with Gasteiger partial charge in [-0.05, 0) is 54.5 Å². The van der Waals surface area contributed by atoms with Gasteiger partial charge in [0.1, 0.15) is 11.4 Å². The van der Waals surface area contributed by atoms with Gasteiger partial charge in [0.2, 0.25) is 5.12 Å². The molecule has 26 heavy (non-hydrogen) atoms. The first kappa shape index (κ1) is 17.6. The molecular formula is C21H22FNO2S. The Kier molecular flexibility index (Phi) is 4.76. The van der Waals surface area contributed by atoms with Crippen molar-refractivity contribution in [1.82, 2.24) is 4.31 Å². The third kappa shape index (κ3) is 3.79. The summed E-state index contributed by atoms with van der Waals surface area (Å²) >= 11 is 1.22. The van der Waals surface area contributed by atoms with Crippen LogP contribution in [0.5, 0.6) is 5.75 Å². The highest BCUT2D eigenvalue weighted by molar-refractivity contribution is 8.12. The van der Waals surface area contributed by atoms with Crippen molar-refractivity contribution in [3.63, 3.8) is 0 Å². The van der Waals surface area contributed by atoms with Gasteiger partial charge in [-0.25, -0.2) is 8.70 Å². The Labute approximate surface area is 157 Å². The van der Waals surface area contributed by atoms with E-state index in [1.165, 1.54) is 24.1 Å². The summed E-state index contributed by atoms with van der Waals surface area (Å²) in [5.74, 6) is 0.799. The van der Waals surface area contributed by atoms with Crippen LogP contribution in [0.3, 0.4) is 0 Å². The highest BCUT2D eigenvalue weighted by atomic mass is 32.2. The third-order valence-electron chi connectivity index (χ3n) is 5.48. The van der Waals surface area contributed by atoms with Crippen LogP contribution in [0.2, 0.25) is 0 Å².